The van der Waals surface area contributed by atoms with Gasteiger partial charge in [-0.25, -0.2) is 9.59 Å². The van der Waals surface area contributed by atoms with Crippen molar-refractivity contribution in [3.8, 4) is 0 Å². The van der Waals surface area contributed by atoms with Gasteiger partial charge in [-0.15, -0.1) is 11.3 Å². The third kappa shape index (κ3) is 4.92. The van der Waals surface area contributed by atoms with Crippen LogP contribution in [0.15, 0.2) is 16.6 Å². The van der Waals surface area contributed by atoms with Gasteiger partial charge in [-0.1, -0.05) is 5.16 Å². The standard InChI is InChI=1S/C13H19N3O5S/c1-13(2,3)21-12(18)15-9(11(17)20-4)8-5-7(6-22-8)10(14)16-19/h5-6,9,19H,1-4H3,(H2,14,16)(H,15,18). The van der Waals surface area contributed by atoms with Crippen molar-refractivity contribution in [3.63, 3.8) is 0 Å². The third-order valence-corrected chi connectivity index (χ3v) is 3.40. The molecule has 0 aliphatic carbocycles. The van der Waals surface area contributed by atoms with Crippen molar-refractivity contribution in [2.45, 2.75) is 32.4 Å². The van der Waals surface area contributed by atoms with E-state index >= 15 is 0 Å². The number of thiophene rings is 1. The molecule has 0 aliphatic heterocycles. The molecule has 4 N–H and O–H groups in total. The second-order valence-electron chi connectivity index (χ2n) is 5.33. The highest BCUT2D eigenvalue weighted by Gasteiger charge is 2.28. The molecule has 0 saturated heterocycles. The van der Waals surface area contributed by atoms with E-state index in [1.807, 2.05) is 0 Å². The molecule has 0 bridgehead atoms. The minimum Gasteiger partial charge on any atom is -0.467 e. The molecule has 22 heavy (non-hydrogen) atoms. The summed E-state index contributed by atoms with van der Waals surface area (Å²) in [6, 6.07) is 0.490. The predicted octanol–water partition coefficient (Wildman–Crippen LogP) is 1.58. The molecule has 0 fully saturated rings. The largest absolute Gasteiger partial charge is 0.467 e. The van der Waals surface area contributed by atoms with Crippen LogP contribution in [0.25, 0.3) is 0 Å². The fourth-order valence-corrected chi connectivity index (χ4v) is 2.42. The molecule has 9 heteroatoms. The molecular weight excluding hydrogens is 310 g/mol. The Morgan fingerprint density at radius 1 is 1.45 bits per heavy atom. The summed E-state index contributed by atoms with van der Waals surface area (Å²) >= 11 is 1.16. The lowest BCUT2D eigenvalue weighted by atomic mass is 10.2. The number of amides is 1. The van der Waals surface area contributed by atoms with E-state index in [-0.39, 0.29) is 5.84 Å². The number of rotatable bonds is 4. The molecule has 122 valence electrons. The Labute approximate surface area is 131 Å². The van der Waals surface area contributed by atoms with E-state index in [2.05, 4.69) is 15.2 Å². The second-order valence-corrected chi connectivity index (χ2v) is 6.27. The number of amidine groups is 1. The van der Waals surface area contributed by atoms with Crippen molar-refractivity contribution in [2.75, 3.05) is 7.11 Å². The number of methoxy groups -OCH3 is 1. The normalized spacial score (nSPS) is 13.4. The zero-order valence-electron chi connectivity index (χ0n) is 12.7. The molecule has 1 amide bonds. The second kappa shape index (κ2) is 7.12. The highest BCUT2D eigenvalue weighted by Crippen LogP contribution is 2.24. The van der Waals surface area contributed by atoms with Crippen molar-refractivity contribution in [2.24, 2.45) is 10.9 Å². The molecule has 1 unspecified atom stereocenters. The number of oxime groups is 1. The predicted molar refractivity (Wildman–Crippen MR) is 81.0 cm³/mol. The minimum atomic E-state index is -1.04. The lowest BCUT2D eigenvalue weighted by Crippen LogP contribution is -2.38. The van der Waals surface area contributed by atoms with Crippen LogP contribution >= 0.6 is 11.3 Å². The Morgan fingerprint density at radius 2 is 2.09 bits per heavy atom. The summed E-state index contributed by atoms with van der Waals surface area (Å²) in [5.74, 6) is -0.748. The van der Waals surface area contributed by atoms with Gasteiger partial charge in [-0.3, -0.25) is 0 Å². The average Bonchev–Trinajstić information content (AvgIpc) is 2.90. The number of hydrogen-bond acceptors (Lipinski definition) is 7. The fourth-order valence-electron chi connectivity index (χ4n) is 1.49. The lowest BCUT2D eigenvalue weighted by Gasteiger charge is -2.22. The number of carbonyl (C=O) groups excluding carboxylic acids is 2. The summed E-state index contributed by atoms with van der Waals surface area (Å²) in [4.78, 5) is 24.2. The van der Waals surface area contributed by atoms with Gasteiger partial charge in [0, 0.05) is 15.8 Å². The monoisotopic (exact) mass is 329 g/mol. The quantitative estimate of drug-likeness (QED) is 0.253. The van der Waals surface area contributed by atoms with Crippen LogP contribution in [0.3, 0.4) is 0 Å². The summed E-state index contributed by atoms with van der Waals surface area (Å²) in [7, 11) is 1.21. The van der Waals surface area contributed by atoms with Gasteiger partial charge >= 0.3 is 12.1 Å². The molecule has 0 aromatic carbocycles. The van der Waals surface area contributed by atoms with Crippen LogP contribution in [0.2, 0.25) is 0 Å². The van der Waals surface area contributed by atoms with Gasteiger partial charge in [-0.05, 0) is 26.8 Å². The van der Waals surface area contributed by atoms with E-state index in [9.17, 15) is 9.59 Å². The van der Waals surface area contributed by atoms with Crippen LogP contribution in [0, 0.1) is 0 Å². The molecule has 0 radical (unpaired) electrons. The Hall–Kier alpha value is -2.29. The van der Waals surface area contributed by atoms with Crippen LogP contribution in [0.1, 0.15) is 37.3 Å². The van der Waals surface area contributed by atoms with E-state index in [0.717, 1.165) is 11.3 Å². The smallest absolute Gasteiger partial charge is 0.408 e. The molecule has 0 spiro atoms. The van der Waals surface area contributed by atoms with Crippen molar-refractivity contribution in [1.82, 2.24) is 5.32 Å². The summed E-state index contributed by atoms with van der Waals surface area (Å²) in [5, 5.41) is 15.6. The van der Waals surface area contributed by atoms with Crippen LogP contribution in [0.4, 0.5) is 4.79 Å². The van der Waals surface area contributed by atoms with E-state index < -0.39 is 23.7 Å². The first kappa shape index (κ1) is 17.8. The first-order valence-electron chi connectivity index (χ1n) is 6.31. The van der Waals surface area contributed by atoms with Crippen molar-refractivity contribution >= 4 is 29.2 Å². The van der Waals surface area contributed by atoms with Crippen molar-refractivity contribution in [3.05, 3.63) is 21.9 Å². The Morgan fingerprint density at radius 3 is 2.59 bits per heavy atom. The summed E-state index contributed by atoms with van der Waals surface area (Å²) < 4.78 is 9.80. The zero-order chi connectivity index (χ0) is 16.9. The maximum absolute atomic E-state index is 11.9. The number of hydrogen-bond donors (Lipinski definition) is 3. The van der Waals surface area contributed by atoms with E-state index in [1.165, 1.54) is 13.2 Å². The molecule has 1 aromatic rings. The summed E-state index contributed by atoms with van der Waals surface area (Å²) in [6.07, 6.45) is -0.748. The third-order valence-electron chi connectivity index (χ3n) is 2.41. The SMILES string of the molecule is COC(=O)C(NC(=O)OC(C)(C)C)c1cc(C(N)=NO)cs1. The van der Waals surface area contributed by atoms with Gasteiger partial charge in [0.15, 0.2) is 11.9 Å². The highest BCUT2D eigenvalue weighted by molar-refractivity contribution is 7.10. The minimum absolute atomic E-state index is 0.0941. The zero-order valence-corrected chi connectivity index (χ0v) is 13.6. The Kier molecular flexibility index (Phi) is 5.75. The van der Waals surface area contributed by atoms with Gasteiger partial charge in [0.2, 0.25) is 0 Å². The van der Waals surface area contributed by atoms with Crippen molar-refractivity contribution < 1.29 is 24.3 Å². The Balaban J connectivity index is 2.97. The molecule has 0 saturated carbocycles. The lowest BCUT2D eigenvalue weighted by molar-refractivity contribution is -0.143. The van der Waals surface area contributed by atoms with Gasteiger partial charge in [0.1, 0.15) is 5.60 Å². The molecule has 1 rings (SSSR count). The number of esters is 1. The van der Waals surface area contributed by atoms with Crippen LogP contribution < -0.4 is 11.1 Å². The fraction of sp³-hybridized carbons (Fsp3) is 0.462. The van der Waals surface area contributed by atoms with Crippen molar-refractivity contribution in [1.29, 1.82) is 0 Å². The molecular formula is C13H19N3O5S. The highest BCUT2D eigenvalue weighted by atomic mass is 32.1. The maximum Gasteiger partial charge on any atom is 0.408 e. The van der Waals surface area contributed by atoms with E-state index in [1.54, 1.807) is 26.2 Å². The van der Waals surface area contributed by atoms with Crippen LogP contribution in [-0.2, 0) is 14.3 Å². The topological polar surface area (TPSA) is 123 Å². The van der Waals surface area contributed by atoms with Gasteiger partial charge in [0.05, 0.1) is 7.11 Å². The summed E-state index contributed by atoms with van der Waals surface area (Å²) in [6.45, 7) is 5.13. The van der Waals surface area contributed by atoms with Gasteiger partial charge < -0.3 is 25.7 Å². The molecule has 0 aliphatic rings. The first-order valence-corrected chi connectivity index (χ1v) is 7.19. The molecule has 1 atom stereocenters. The average molecular weight is 329 g/mol. The number of nitrogens with one attached hydrogen (secondary N) is 1. The number of nitrogens with zero attached hydrogens (tertiary/aromatic N) is 1. The maximum atomic E-state index is 11.9. The van der Waals surface area contributed by atoms with Gasteiger partial charge in [-0.2, -0.15) is 0 Å². The van der Waals surface area contributed by atoms with Gasteiger partial charge in [0.25, 0.3) is 0 Å². The van der Waals surface area contributed by atoms with E-state index in [0.29, 0.717) is 10.4 Å². The first-order chi connectivity index (χ1) is 10.2. The number of carbonyl (C=O) groups is 2. The summed E-state index contributed by atoms with van der Waals surface area (Å²) in [5.41, 5.74) is 5.22. The van der Waals surface area contributed by atoms with Crippen LogP contribution in [-0.4, -0.2) is 35.8 Å². The molecule has 1 heterocycles. The number of ether oxygens (including phenoxy) is 2. The molecule has 8 nitrogen and oxygen atoms in total. The Bertz CT molecular complexity index is 576. The van der Waals surface area contributed by atoms with Crippen LogP contribution in [0.5, 0.6) is 0 Å². The molecule has 1 aromatic heterocycles. The van der Waals surface area contributed by atoms with E-state index in [4.69, 9.17) is 15.7 Å². The number of alkyl carbamates (subject to hydrolysis) is 1. The number of nitrogens with two attached hydrogens (primary N) is 1.